The van der Waals surface area contributed by atoms with Gasteiger partial charge in [-0.05, 0) is 6.92 Å². The zero-order chi connectivity index (χ0) is 15.2. The molecular weight excluding hydrogens is 281 g/mol. The zero-order valence-electron chi connectivity index (χ0n) is 11.4. The average molecular weight is 298 g/mol. The second kappa shape index (κ2) is 17.1. The zero-order valence-corrected chi connectivity index (χ0v) is 14.2. The molecule has 0 heterocycles. The summed E-state index contributed by atoms with van der Waals surface area (Å²) in [5.74, 6) is -0.669. The average Bonchev–Trinajstić information content (AvgIpc) is 2.15. The fourth-order valence-electron chi connectivity index (χ4n) is 0.429. The van der Waals surface area contributed by atoms with Crippen LogP contribution in [0.4, 0.5) is 0 Å². The molecule has 0 aromatic heterocycles. The minimum atomic E-state index is -3.82. The number of esters is 1. The van der Waals surface area contributed by atoms with Gasteiger partial charge >= 0.3 is 5.97 Å². The first kappa shape index (κ1) is 26.6. The molecule has 0 aliphatic rings. The molecule has 0 saturated carbocycles. The molecule has 0 atom stereocenters. The van der Waals surface area contributed by atoms with Crippen molar-refractivity contribution in [1.82, 2.24) is 0 Å². The molecule has 0 aliphatic heterocycles. The fourth-order valence-corrected chi connectivity index (χ4v) is 1.05. The molecule has 0 rings (SSSR count). The molecular formula is C11H17NNaO5S. The van der Waals surface area contributed by atoms with Crippen molar-refractivity contribution in [2.24, 2.45) is 0 Å². The van der Waals surface area contributed by atoms with Crippen LogP contribution < -0.4 is 0 Å². The molecule has 0 fully saturated rings. The summed E-state index contributed by atoms with van der Waals surface area (Å²) in [5.41, 5.74) is 0.438. The van der Waals surface area contributed by atoms with Gasteiger partial charge in [-0.15, -0.1) is 0 Å². The second-order valence-corrected chi connectivity index (χ2v) is 4.25. The minimum Gasteiger partial charge on any atom is -0.435 e. The van der Waals surface area contributed by atoms with Gasteiger partial charge in [-0.1, -0.05) is 25.3 Å². The van der Waals surface area contributed by atoms with Crippen LogP contribution in [-0.4, -0.2) is 54.2 Å². The van der Waals surface area contributed by atoms with Gasteiger partial charge in [0, 0.05) is 42.6 Å². The quantitative estimate of drug-likeness (QED) is 0.211. The number of nitrogens with zero attached hydrogens (tertiary/aromatic N) is 1. The predicted molar refractivity (Wildman–Crippen MR) is 74.8 cm³/mol. The molecule has 0 spiro atoms. The summed E-state index contributed by atoms with van der Waals surface area (Å²) in [6, 6.07) is 1.69. The van der Waals surface area contributed by atoms with Crippen LogP contribution in [0, 0.1) is 11.3 Å². The standard InChI is InChI=1S/C4H8O3S.C4H6O2.C3H3N.Na/c1-4(2)3-8(5,6)7;1-3-6-4(2)5;1-2-3-4;/h1,3H2,2H3,(H,5,6,7);3H,1H2,2H3;2H,1H2;. The van der Waals surface area contributed by atoms with Crippen molar-refractivity contribution in [2.75, 3.05) is 5.75 Å². The molecule has 6 nitrogen and oxygen atoms in total. The summed E-state index contributed by atoms with van der Waals surface area (Å²) >= 11 is 0. The maximum absolute atomic E-state index is 9.94. The third kappa shape index (κ3) is 59.5. The number of ether oxygens (including phenoxy) is 1. The molecule has 0 unspecified atom stereocenters. The van der Waals surface area contributed by atoms with E-state index in [9.17, 15) is 13.2 Å². The van der Waals surface area contributed by atoms with Gasteiger partial charge in [-0.3, -0.25) is 9.35 Å². The molecule has 19 heavy (non-hydrogen) atoms. The summed E-state index contributed by atoms with van der Waals surface area (Å²) in [5, 5.41) is 7.51. The molecule has 8 heteroatoms. The van der Waals surface area contributed by atoms with Gasteiger partial charge in [-0.25, -0.2) is 0 Å². The van der Waals surface area contributed by atoms with Crippen LogP contribution in [0.1, 0.15) is 13.8 Å². The number of allylic oxidation sites excluding steroid dienone is 1. The topological polar surface area (TPSA) is 104 Å². The van der Waals surface area contributed by atoms with Gasteiger partial charge in [-0.2, -0.15) is 13.7 Å². The van der Waals surface area contributed by atoms with E-state index in [1.54, 1.807) is 6.07 Å². The first-order valence-electron chi connectivity index (χ1n) is 4.48. The van der Waals surface area contributed by atoms with Crippen molar-refractivity contribution in [2.45, 2.75) is 13.8 Å². The van der Waals surface area contributed by atoms with Crippen molar-refractivity contribution in [3.05, 3.63) is 37.6 Å². The Morgan fingerprint density at radius 1 is 1.42 bits per heavy atom. The van der Waals surface area contributed by atoms with Crippen molar-refractivity contribution < 1.29 is 22.5 Å². The van der Waals surface area contributed by atoms with E-state index in [1.807, 2.05) is 0 Å². The molecule has 0 aromatic carbocycles. The van der Waals surface area contributed by atoms with E-state index in [4.69, 9.17) is 9.81 Å². The first-order chi connectivity index (χ1) is 8.10. The summed E-state index contributed by atoms with van der Waals surface area (Å²) in [6.07, 6.45) is 2.28. The number of rotatable bonds is 3. The van der Waals surface area contributed by atoms with Crippen molar-refractivity contribution in [3.8, 4) is 6.07 Å². The first-order valence-corrected chi connectivity index (χ1v) is 6.09. The van der Waals surface area contributed by atoms with E-state index in [-0.39, 0.29) is 41.3 Å². The molecule has 0 aromatic rings. The molecule has 103 valence electrons. The van der Waals surface area contributed by atoms with Crippen LogP contribution in [-0.2, 0) is 19.6 Å². The number of nitriles is 1. The third-order valence-electron chi connectivity index (χ3n) is 0.769. The molecule has 1 radical (unpaired) electrons. The van der Waals surface area contributed by atoms with Crippen molar-refractivity contribution >= 4 is 45.6 Å². The number of carbonyl (C=O) groups excluding carboxylic acids is 1. The molecule has 0 saturated heterocycles. The Morgan fingerprint density at radius 3 is 1.79 bits per heavy atom. The van der Waals surface area contributed by atoms with Gasteiger partial charge in [0.25, 0.3) is 10.1 Å². The van der Waals surface area contributed by atoms with Gasteiger partial charge in [0.2, 0.25) is 0 Å². The number of hydrogen-bond donors (Lipinski definition) is 1. The molecule has 0 aliphatic carbocycles. The maximum atomic E-state index is 9.94. The van der Waals surface area contributed by atoms with Crippen LogP contribution in [0.15, 0.2) is 37.6 Å². The Balaban J connectivity index is -0.0000000916. The van der Waals surface area contributed by atoms with E-state index >= 15 is 0 Å². The summed E-state index contributed by atoms with van der Waals surface area (Å²) < 4.78 is 32.1. The largest absolute Gasteiger partial charge is 0.435 e. The molecule has 0 bridgehead atoms. The third-order valence-corrected chi connectivity index (χ3v) is 1.63. The number of carbonyl (C=O) groups is 1. The van der Waals surface area contributed by atoms with Gasteiger partial charge < -0.3 is 4.74 Å². The van der Waals surface area contributed by atoms with Crippen molar-refractivity contribution in [3.63, 3.8) is 0 Å². The summed E-state index contributed by atoms with van der Waals surface area (Å²) in [7, 11) is -3.82. The fraction of sp³-hybridized carbons (Fsp3) is 0.273. The van der Waals surface area contributed by atoms with Gasteiger partial charge in [0.05, 0.1) is 18.1 Å². The van der Waals surface area contributed by atoms with Gasteiger partial charge in [0.1, 0.15) is 0 Å². The van der Waals surface area contributed by atoms with E-state index in [1.165, 1.54) is 19.9 Å². The predicted octanol–water partition coefficient (Wildman–Crippen LogP) is 1.46. The molecule has 0 amide bonds. The Labute approximate surface area is 136 Å². The Bertz CT molecular complexity index is 423. The molecule has 1 N–H and O–H groups in total. The van der Waals surface area contributed by atoms with E-state index in [0.29, 0.717) is 5.57 Å². The Kier molecular flexibility index (Phi) is 23.9. The van der Waals surface area contributed by atoms with Crippen molar-refractivity contribution in [1.29, 1.82) is 5.26 Å². The second-order valence-electron chi connectivity index (χ2n) is 2.79. The van der Waals surface area contributed by atoms with Crippen LogP contribution in [0.3, 0.4) is 0 Å². The van der Waals surface area contributed by atoms with Crippen LogP contribution in [0.2, 0.25) is 0 Å². The smallest absolute Gasteiger partial charge is 0.307 e. The van der Waals surface area contributed by atoms with Crippen LogP contribution in [0.25, 0.3) is 0 Å². The van der Waals surface area contributed by atoms with E-state index in [2.05, 4.69) is 24.5 Å². The Morgan fingerprint density at radius 2 is 1.79 bits per heavy atom. The van der Waals surface area contributed by atoms with Crippen LogP contribution in [0.5, 0.6) is 0 Å². The summed E-state index contributed by atoms with van der Waals surface area (Å²) in [4.78, 5) is 9.75. The summed E-state index contributed by atoms with van der Waals surface area (Å²) in [6.45, 7) is 12.4. The Hall–Kier alpha value is -0.910. The minimum absolute atomic E-state index is 0. The number of hydrogen-bond acceptors (Lipinski definition) is 5. The van der Waals surface area contributed by atoms with E-state index in [0.717, 1.165) is 6.26 Å². The van der Waals surface area contributed by atoms with E-state index < -0.39 is 10.1 Å². The van der Waals surface area contributed by atoms with Crippen LogP contribution >= 0.6 is 0 Å². The SMILES string of the molecule is C=C(C)CS(=O)(=O)O.C=CC#N.C=COC(C)=O.[Na]. The normalized spacial score (nSPS) is 7.68. The van der Waals surface area contributed by atoms with Gasteiger partial charge in [0.15, 0.2) is 0 Å². The monoisotopic (exact) mass is 298 g/mol. The maximum Gasteiger partial charge on any atom is 0.307 e.